The number of amides is 1. The molecule has 0 fully saturated rings. The second-order valence-electron chi connectivity index (χ2n) is 4.36. The summed E-state index contributed by atoms with van der Waals surface area (Å²) >= 11 is 0. The number of alkyl halides is 2. The van der Waals surface area contributed by atoms with E-state index in [1.165, 1.54) is 6.07 Å². The SMILES string of the molecule is CC(C)n1cc(N)cc1C(=O)NCC(F)(F)CO. The Labute approximate surface area is 104 Å². The van der Waals surface area contributed by atoms with E-state index in [4.69, 9.17) is 10.8 Å². The first kappa shape index (κ1) is 14.4. The Morgan fingerprint density at radius 2 is 2.22 bits per heavy atom. The molecule has 0 unspecified atom stereocenters. The number of nitrogen functional groups attached to an aromatic ring is 1. The van der Waals surface area contributed by atoms with Gasteiger partial charge in [-0.3, -0.25) is 4.79 Å². The highest BCUT2D eigenvalue weighted by Crippen LogP contribution is 2.17. The molecule has 102 valence electrons. The Bertz CT molecular complexity index is 430. The van der Waals surface area contributed by atoms with Gasteiger partial charge < -0.3 is 20.7 Å². The van der Waals surface area contributed by atoms with Gasteiger partial charge in [0.05, 0.1) is 12.2 Å². The molecule has 0 saturated heterocycles. The maximum atomic E-state index is 12.8. The fourth-order valence-electron chi connectivity index (χ4n) is 1.47. The average Bonchev–Trinajstić information content (AvgIpc) is 2.68. The topological polar surface area (TPSA) is 80.3 Å². The molecule has 0 atom stereocenters. The van der Waals surface area contributed by atoms with Crippen LogP contribution in [0.25, 0.3) is 0 Å². The molecule has 18 heavy (non-hydrogen) atoms. The van der Waals surface area contributed by atoms with E-state index < -0.39 is 25.0 Å². The van der Waals surface area contributed by atoms with Crippen molar-refractivity contribution in [3.63, 3.8) is 0 Å². The minimum Gasteiger partial charge on any atom is -0.397 e. The van der Waals surface area contributed by atoms with Crippen molar-refractivity contribution in [1.82, 2.24) is 9.88 Å². The molecule has 1 aromatic heterocycles. The van der Waals surface area contributed by atoms with Crippen LogP contribution >= 0.6 is 0 Å². The number of anilines is 1. The van der Waals surface area contributed by atoms with E-state index in [9.17, 15) is 13.6 Å². The molecule has 1 rings (SSSR count). The van der Waals surface area contributed by atoms with E-state index >= 15 is 0 Å². The van der Waals surface area contributed by atoms with E-state index in [1.54, 1.807) is 10.8 Å². The molecule has 1 heterocycles. The van der Waals surface area contributed by atoms with Crippen molar-refractivity contribution in [3.05, 3.63) is 18.0 Å². The third-order valence-electron chi connectivity index (χ3n) is 2.40. The summed E-state index contributed by atoms with van der Waals surface area (Å²) in [6.07, 6.45) is 1.57. The number of nitrogens with two attached hydrogens (primary N) is 1. The molecule has 0 bridgehead atoms. The number of nitrogens with zero attached hydrogens (tertiary/aromatic N) is 1. The number of hydrogen-bond donors (Lipinski definition) is 3. The minimum atomic E-state index is -3.32. The molecule has 0 radical (unpaired) electrons. The largest absolute Gasteiger partial charge is 0.397 e. The molecule has 7 heteroatoms. The monoisotopic (exact) mass is 261 g/mol. The summed E-state index contributed by atoms with van der Waals surface area (Å²) in [7, 11) is 0. The van der Waals surface area contributed by atoms with Gasteiger partial charge in [-0.25, -0.2) is 8.78 Å². The van der Waals surface area contributed by atoms with Crippen molar-refractivity contribution < 1.29 is 18.7 Å². The zero-order valence-electron chi connectivity index (χ0n) is 10.3. The third kappa shape index (κ3) is 3.43. The number of aliphatic hydroxyl groups excluding tert-OH is 1. The molecule has 4 N–H and O–H groups in total. The summed E-state index contributed by atoms with van der Waals surface area (Å²) in [5.74, 6) is -3.97. The van der Waals surface area contributed by atoms with E-state index in [-0.39, 0.29) is 11.7 Å². The van der Waals surface area contributed by atoms with Gasteiger partial charge in [0, 0.05) is 12.2 Å². The van der Waals surface area contributed by atoms with Gasteiger partial charge in [-0.15, -0.1) is 0 Å². The molecule has 0 aromatic carbocycles. The van der Waals surface area contributed by atoms with Gasteiger partial charge in [0.15, 0.2) is 0 Å². The van der Waals surface area contributed by atoms with Gasteiger partial charge >= 0.3 is 0 Å². The van der Waals surface area contributed by atoms with Crippen LogP contribution in [0.4, 0.5) is 14.5 Å². The summed E-state index contributed by atoms with van der Waals surface area (Å²) in [6.45, 7) is 1.48. The Morgan fingerprint density at radius 3 is 2.72 bits per heavy atom. The van der Waals surface area contributed by atoms with Crippen LogP contribution < -0.4 is 11.1 Å². The molecular weight excluding hydrogens is 244 g/mol. The molecule has 0 spiro atoms. The first-order chi connectivity index (χ1) is 8.26. The molecular formula is C11H17F2N3O2. The van der Waals surface area contributed by atoms with Crippen LogP contribution in [0.15, 0.2) is 12.3 Å². The highest BCUT2D eigenvalue weighted by Gasteiger charge is 2.29. The number of rotatable bonds is 5. The Balaban J connectivity index is 2.79. The molecule has 0 aliphatic carbocycles. The van der Waals surface area contributed by atoms with Crippen LogP contribution in [0.5, 0.6) is 0 Å². The normalized spacial score (nSPS) is 11.9. The van der Waals surface area contributed by atoms with Crippen molar-refractivity contribution >= 4 is 11.6 Å². The predicted molar refractivity (Wildman–Crippen MR) is 63.6 cm³/mol. The second kappa shape index (κ2) is 5.34. The number of hydrogen-bond acceptors (Lipinski definition) is 3. The van der Waals surface area contributed by atoms with Crippen molar-refractivity contribution in [1.29, 1.82) is 0 Å². The second-order valence-corrected chi connectivity index (χ2v) is 4.36. The van der Waals surface area contributed by atoms with E-state index in [1.807, 2.05) is 13.8 Å². The lowest BCUT2D eigenvalue weighted by atomic mass is 10.3. The molecule has 5 nitrogen and oxygen atoms in total. The number of carbonyl (C=O) groups is 1. The molecule has 0 aliphatic rings. The fourth-order valence-corrected chi connectivity index (χ4v) is 1.47. The number of aromatic nitrogens is 1. The average molecular weight is 261 g/mol. The minimum absolute atomic E-state index is 0.0126. The Hall–Kier alpha value is -1.63. The van der Waals surface area contributed by atoms with Crippen LogP contribution in [0.1, 0.15) is 30.4 Å². The van der Waals surface area contributed by atoms with Crippen molar-refractivity contribution in [2.75, 3.05) is 18.9 Å². The summed E-state index contributed by atoms with van der Waals surface area (Å²) in [5, 5.41) is 10.5. The smallest absolute Gasteiger partial charge is 0.287 e. The van der Waals surface area contributed by atoms with E-state index in [0.717, 1.165) is 0 Å². The van der Waals surface area contributed by atoms with Crippen LogP contribution in [0.3, 0.4) is 0 Å². The van der Waals surface area contributed by atoms with Gasteiger partial charge in [0.2, 0.25) is 0 Å². The van der Waals surface area contributed by atoms with Crippen LogP contribution in [0, 0.1) is 0 Å². The van der Waals surface area contributed by atoms with Crippen molar-refractivity contribution in [2.45, 2.75) is 25.8 Å². The Morgan fingerprint density at radius 1 is 1.61 bits per heavy atom. The number of carbonyl (C=O) groups excluding carboxylic acids is 1. The maximum absolute atomic E-state index is 12.8. The summed E-state index contributed by atoms with van der Waals surface area (Å²) in [4.78, 5) is 11.7. The summed E-state index contributed by atoms with van der Waals surface area (Å²) in [6, 6.07) is 1.41. The fraction of sp³-hybridized carbons (Fsp3) is 0.545. The van der Waals surface area contributed by atoms with Crippen molar-refractivity contribution in [3.8, 4) is 0 Å². The quantitative estimate of drug-likeness (QED) is 0.740. The van der Waals surface area contributed by atoms with Gasteiger partial charge in [-0.1, -0.05) is 0 Å². The van der Waals surface area contributed by atoms with Gasteiger partial charge in [0.1, 0.15) is 12.3 Å². The zero-order valence-corrected chi connectivity index (χ0v) is 10.3. The lowest BCUT2D eigenvalue weighted by Crippen LogP contribution is -2.39. The third-order valence-corrected chi connectivity index (χ3v) is 2.40. The maximum Gasteiger partial charge on any atom is 0.287 e. The lowest BCUT2D eigenvalue weighted by Gasteiger charge is -2.16. The first-order valence-corrected chi connectivity index (χ1v) is 5.51. The molecule has 0 aliphatic heterocycles. The van der Waals surface area contributed by atoms with E-state index in [2.05, 4.69) is 5.32 Å². The highest BCUT2D eigenvalue weighted by atomic mass is 19.3. The highest BCUT2D eigenvalue weighted by molar-refractivity contribution is 5.93. The van der Waals surface area contributed by atoms with E-state index in [0.29, 0.717) is 5.69 Å². The van der Waals surface area contributed by atoms with Crippen molar-refractivity contribution in [2.24, 2.45) is 0 Å². The predicted octanol–water partition coefficient (Wildman–Crippen LogP) is 1.01. The molecule has 1 aromatic rings. The van der Waals surface area contributed by atoms with Crippen LogP contribution in [-0.4, -0.2) is 34.7 Å². The number of aliphatic hydroxyl groups is 1. The zero-order chi connectivity index (χ0) is 13.9. The number of halogens is 2. The van der Waals surface area contributed by atoms with Gasteiger partial charge in [-0.05, 0) is 19.9 Å². The van der Waals surface area contributed by atoms with Crippen LogP contribution in [-0.2, 0) is 0 Å². The van der Waals surface area contributed by atoms with Crippen LogP contribution in [0.2, 0.25) is 0 Å². The summed E-state index contributed by atoms with van der Waals surface area (Å²) < 4.78 is 27.2. The first-order valence-electron chi connectivity index (χ1n) is 5.51. The van der Waals surface area contributed by atoms with Gasteiger partial charge in [-0.2, -0.15) is 0 Å². The molecule has 0 saturated carbocycles. The van der Waals surface area contributed by atoms with Gasteiger partial charge in [0.25, 0.3) is 11.8 Å². The lowest BCUT2D eigenvalue weighted by molar-refractivity contribution is -0.0462. The molecule has 1 amide bonds. The Kier molecular flexibility index (Phi) is 4.28. The number of nitrogens with one attached hydrogen (secondary N) is 1. The summed E-state index contributed by atoms with van der Waals surface area (Å²) in [5.41, 5.74) is 6.18. The standard InChI is InChI=1S/C11H17F2N3O2/c1-7(2)16-4-8(14)3-9(16)10(18)15-5-11(12,13)6-17/h3-4,7,17H,5-6,14H2,1-2H3,(H,15,18).